The first kappa shape index (κ1) is 37.1. The predicted molar refractivity (Wildman–Crippen MR) is 176 cm³/mol. The van der Waals surface area contributed by atoms with Crippen molar-refractivity contribution in [1.82, 2.24) is 30.5 Å². The van der Waals surface area contributed by atoms with Crippen molar-refractivity contribution in [3.05, 3.63) is 28.6 Å². The van der Waals surface area contributed by atoms with Gasteiger partial charge in [0.15, 0.2) is 0 Å². The van der Waals surface area contributed by atoms with Gasteiger partial charge in [-0.05, 0) is 52.2 Å². The Kier molecular flexibility index (Phi) is 14.5. The standard InChI is InChI=1S/C32H49N7O9/c1-32(2,3)48-31(43)34-23-9-12-38(13-10-23)14-16-45-18-20-47-22-21-46-19-17-44-15-11-33-24-5-4-6-25-28(24)30(42)39(37-36-25)26-7-8-27(40)35-29(26)41/h4-6,23,26,33H,7-22H2,1-3H3,(H,34,43)(H,35,40,41). The number of imide groups is 1. The number of amides is 3. The summed E-state index contributed by atoms with van der Waals surface area (Å²) in [5.74, 6) is -0.927. The summed E-state index contributed by atoms with van der Waals surface area (Å²) >= 11 is 0. The molecular formula is C32H49N7O9. The predicted octanol–water partition coefficient (Wildman–Crippen LogP) is 1.24. The topological polar surface area (TPSA) is 184 Å². The lowest BCUT2D eigenvalue weighted by Crippen LogP contribution is -2.46. The van der Waals surface area contributed by atoms with E-state index in [1.807, 2.05) is 20.8 Å². The summed E-state index contributed by atoms with van der Waals surface area (Å²) in [6.45, 7) is 12.4. The smallest absolute Gasteiger partial charge is 0.407 e. The van der Waals surface area contributed by atoms with E-state index in [0.717, 1.165) is 37.2 Å². The minimum absolute atomic E-state index is 0.132. The summed E-state index contributed by atoms with van der Waals surface area (Å²) in [6.07, 6.45) is 1.76. The molecule has 266 valence electrons. The molecule has 2 saturated heterocycles. The van der Waals surface area contributed by atoms with Crippen molar-refractivity contribution < 1.29 is 38.1 Å². The number of carbonyl (C=O) groups excluding carboxylic acids is 3. The van der Waals surface area contributed by atoms with Crippen molar-refractivity contribution >= 4 is 34.5 Å². The molecule has 3 amide bonds. The van der Waals surface area contributed by atoms with Crippen LogP contribution in [0.4, 0.5) is 10.5 Å². The quantitative estimate of drug-likeness (QED) is 0.152. The third-order valence-electron chi connectivity index (χ3n) is 7.76. The third-order valence-corrected chi connectivity index (χ3v) is 7.76. The number of hydrogen-bond acceptors (Lipinski definition) is 13. The van der Waals surface area contributed by atoms with Crippen LogP contribution in [-0.2, 0) is 33.3 Å². The van der Waals surface area contributed by atoms with Crippen LogP contribution >= 0.6 is 0 Å². The Hall–Kier alpha value is -3.70. The lowest BCUT2D eigenvalue weighted by atomic mass is 10.1. The molecule has 0 saturated carbocycles. The normalized spacial score (nSPS) is 17.8. The van der Waals surface area contributed by atoms with Crippen LogP contribution in [0, 0.1) is 0 Å². The van der Waals surface area contributed by atoms with Crippen molar-refractivity contribution in [2.75, 3.05) is 84.4 Å². The van der Waals surface area contributed by atoms with Gasteiger partial charge in [0.2, 0.25) is 5.91 Å². The maximum absolute atomic E-state index is 13.2. The number of fused-ring (bicyclic) bond motifs is 1. The van der Waals surface area contributed by atoms with Crippen molar-refractivity contribution in [3.8, 4) is 0 Å². The average Bonchev–Trinajstić information content (AvgIpc) is 3.03. The highest BCUT2D eigenvalue weighted by atomic mass is 16.6. The number of alkyl carbamates (subject to hydrolysis) is 1. The van der Waals surface area contributed by atoms with E-state index in [1.54, 1.807) is 18.2 Å². The van der Waals surface area contributed by atoms with Gasteiger partial charge >= 0.3 is 6.09 Å². The maximum atomic E-state index is 13.2. The number of piperidine rings is 2. The second-order valence-corrected chi connectivity index (χ2v) is 12.6. The van der Waals surface area contributed by atoms with Crippen LogP contribution in [0.1, 0.15) is 52.5 Å². The Labute approximate surface area is 280 Å². The number of benzene rings is 1. The van der Waals surface area contributed by atoms with Gasteiger partial charge in [-0.15, -0.1) is 5.10 Å². The Morgan fingerprint density at radius 3 is 2.21 bits per heavy atom. The van der Waals surface area contributed by atoms with Gasteiger partial charge in [-0.3, -0.25) is 19.7 Å². The van der Waals surface area contributed by atoms with E-state index in [4.69, 9.17) is 23.7 Å². The molecule has 0 bridgehead atoms. The number of carbonyl (C=O) groups is 3. The molecule has 2 fully saturated rings. The Morgan fingerprint density at radius 2 is 1.56 bits per heavy atom. The number of likely N-dealkylation sites (tertiary alicyclic amines) is 1. The van der Waals surface area contributed by atoms with E-state index in [1.165, 1.54) is 0 Å². The minimum atomic E-state index is -0.884. The van der Waals surface area contributed by atoms with E-state index < -0.39 is 23.1 Å². The molecule has 48 heavy (non-hydrogen) atoms. The SMILES string of the molecule is CC(C)(C)OC(=O)NC1CCN(CCOCCOCCOCCOCCNc2cccc3nnn(C4CCC(=O)NC4=O)c(=O)c23)CC1. The number of hydrogen-bond donors (Lipinski definition) is 3. The van der Waals surface area contributed by atoms with E-state index in [2.05, 4.69) is 31.2 Å². The van der Waals surface area contributed by atoms with Crippen LogP contribution < -0.4 is 21.5 Å². The highest BCUT2D eigenvalue weighted by Gasteiger charge is 2.30. The number of nitrogens with one attached hydrogen (secondary N) is 3. The maximum Gasteiger partial charge on any atom is 0.407 e. The molecule has 2 aliphatic rings. The molecule has 0 aliphatic carbocycles. The largest absolute Gasteiger partial charge is 0.444 e. The van der Waals surface area contributed by atoms with Crippen molar-refractivity contribution in [3.63, 3.8) is 0 Å². The molecular weight excluding hydrogens is 626 g/mol. The monoisotopic (exact) mass is 675 g/mol. The first-order chi connectivity index (χ1) is 23.1. The van der Waals surface area contributed by atoms with Crippen LogP contribution in [0.2, 0.25) is 0 Å². The number of nitrogens with zero attached hydrogens (tertiary/aromatic N) is 4. The zero-order chi connectivity index (χ0) is 34.4. The number of rotatable bonds is 18. The van der Waals surface area contributed by atoms with Crippen LogP contribution in [0.25, 0.3) is 10.9 Å². The second kappa shape index (κ2) is 18.7. The molecule has 4 rings (SSSR count). The van der Waals surface area contributed by atoms with E-state index in [-0.39, 0.29) is 30.9 Å². The fourth-order valence-electron chi connectivity index (χ4n) is 5.35. The molecule has 3 heterocycles. The van der Waals surface area contributed by atoms with Gasteiger partial charge < -0.3 is 39.2 Å². The summed E-state index contributed by atoms with van der Waals surface area (Å²) < 4.78 is 28.8. The molecule has 16 nitrogen and oxygen atoms in total. The molecule has 0 radical (unpaired) electrons. The Balaban J connectivity index is 0.983. The van der Waals surface area contributed by atoms with Crippen LogP contribution in [0.5, 0.6) is 0 Å². The Bertz CT molecular complexity index is 1410. The zero-order valence-corrected chi connectivity index (χ0v) is 28.2. The summed E-state index contributed by atoms with van der Waals surface area (Å²) in [4.78, 5) is 51.3. The van der Waals surface area contributed by atoms with Gasteiger partial charge in [0, 0.05) is 44.3 Å². The molecule has 1 aromatic carbocycles. The fourth-order valence-corrected chi connectivity index (χ4v) is 5.35. The molecule has 0 spiro atoms. The zero-order valence-electron chi connectivity index (χ0n) is 28.2. The average molecular weight is 676 g/mol. The van der Waals surface area contributed by atoms with E-state index in [0.29, 0.717) is 76.0 Å². The Morgan fingerprint density at radius 1 is 0.917 bits per heavy atom. The first-order valence-electron chi connectivity index (χ1n) is 16.6. The van der Waals surface area contributed by atoms with Gasteiger partial charge in [0.25, 0.3) is 11.5 Å². The van der Waals surface area contributed by atoms with Gasteiger partial charge in [-0.25, -0.2) is 4.79 Å². The fraction of sp³-hybridized carbons (Fsp3) is 0.688. The lowest BCUT2D eigenvalue weighted by Gasteiger charge is -2.32. The molecule has 1 aromatic heterocycles. The highest BCUT2D eigenvalue weighted by Crippen LogP contribution is 2.20. The second-order valence-electron chi connectivity index (χ2n) is 12.6. The van der Waals surface area contributed by atoms with Crippen LogP contribution in [-0.4, -0.2) is 128 Å². The van der Waals surface area contributed by atoms with Crippen molar-refractivity contribution in [2.45, 2.75) is 64.1 Å². The summed E-state index contributed by atoms with van der Waals surface area (Å²) in [7, 11) is 0. The molecule has 16 heteroatoms. The van der Waals surface area contributed by atoms with Gasteiger partial charge in [-0.2, -0.15) is 4.68 Å². The third kappa shape index (κ3) is 12.1. The summed E-state index contributed by atoms with van der Waals surface area (Å²) in [5, 5.41) is 16.8. The molecule has 1 unspecified atom stereocenters. The van der Waals surface area contributed by atoms with Crippen molar-refractivity contribution in [2.24, 2.45) is 0 Å². The molecule has 1 atom stereocenters. The number of ether oxygens (including phenoxy) is 5. The van der Waals surface area contributed by atoms with E-state index >= 15 is 0 Å². The van der Waals surface area contributed by atoms with Gasteiger partial charge in [0.1, 0.15) is 17.2 Å². The molecule has 2 aromatic rings. The van der Waals surface area contributed by atoms with E-state index in [9.17, 15) is 19.2 Å². The first-order valence-corrected chi connectivity index (χ1v) is 16.6. The van der Waals surface area contributed by atoms with Crippen molar-refractivity contribution in [1.29, 1.82) is 0 Å². The molecule has 3 N–H and O–H groups in total. The minimum Gasteiger partial charge on any atom is -0.444 e. The summed E-state index contributed by atoms with van der Waals surface area (Å²) in [6, 6.07) is 4.46. The van der Waals surface area contributed by atoms with Gasteiger partial charge in [-0.1, -0.05) is 11.3 Å². The van der Waals surface area contributed by atoms with Gasteiger partial charge in [0.05, 0.1) is 58.2 Å². The lowest BCUT2D eigenvalue weighted by molar-refractivity contribution is -0.136. The number of aromatic nitrogens is 3. The van der Waals surface area contributed by atoms with Crippen LogP contribution in [0.3, 0.4) is 0 Å². The van der Waals surface area contributed by atoms with Crippen LogP contribution in [0.15, 0.2) is 23.0 Å². The molecule has 2 aliphatic heterocycles. The highest BCUT2D eigenvalue weighted by molar-refractivity contribution is 5.99. The summed E-state index contributed by atoms with van der Waals surface area (Å²) in [5.41, 5.74) is 0.0147. The number of anilines is 1.